The Balaban J connectivity index is 1.69. The highest BCUT2D eigenvalue weighted by molar-refractivity contribution is 5.97. The Morgan fingerprint density at radius 1 is 1.20 bits per heavy atom. The molecule has 158 valence electrons. The van der Waals surface area contributed by atoms with Gasteiger partial charge in [-0.2, -0.15) is 0 Å². The number of methoxy groups -OCH3 is 1. The molecule has 0 spiro atoms. The number of aromatic nitrogens is 2. The van der Waals surface area contributed by atoms with Crippen molar-refractivity contribution in [3.63, 3.8) is 0 Å². The minimum atomic E-state index is 0.0495. The zero-order valence-corrected chi connectivity index (χ0v) is 18.0. The average molecular weight is 408 g/mol. The standard InChI is InChI=1S/C24H29N3O3/c1-4-26(5-2)24(28)19-7-8-21-20(16-19)25-23(27(21)11-13-29-3)15-17-6-9-22-18(14-17)10-12-30-22/h6-9,14,16H,4-5,10-13,15H2,1-3H3. The van der Waals surface area contributed by atoms with Crippen LogP contribution in [-0.2, 0) is 24.1 Å². The van der Waals surface area contributed by atoms with Gasteiger partial charge in [-0.25, -0.2) is 4.98 Å². The van der Waals surface area contributed by atoms with Gasteiger partial charge in [0, 0.05) is 45.1 Å². The van der Waals surface area contributed by atoms with Crippen molar-refractivity contribution in [2.75, 3.05) is 33.4 Å². The Morgan fingerprint density at radius 3 is 2.80 bits per heavy atom. The number of imidazole rings is 1. The highest BCUT2D eigenvalue weighted by Crippen LogP contribution is 2.27. The van der Waals surface area contributed by atoms with Gasteiger partial charge in [-0.3, -0.25) is 4.79 Å². The SMILES string of the molecule is CCN(CC)C(=O)c1ccc2c(c1)nc(Cc1ccc3c(c1)CCO3)n2CCOC. The lowest BCUT2D eigenvalue weighted by molar-refractivity contribution is 0.0773. The van der Waals surface area contributed by atoms with Gasteiger partial charge in [-0.1, -0.05) is 12.1 Å². The molecule has 1 aliphatic rings. The summed E-state index contributed by atoms with van der Waals surface area (Å²) in [7, 11) is 1.71. The van der Waals surface area contributed by atoms with E-state index in [0.717, 1.165) is 48.6 Å². The molecule has 0 radical (unpaired) electrons. The lowest BCUT2D eigenvalue weighted by atomic mass is 10.1. The minimum Gasteiger partial charge on any atom is -0.493 e. The summed E-state index contributed by atoms with van der Waals surface area (Å²) in [5, 5.41) is 0. The molecule has 0 fully saturated rings. The van der Waals surface area contributed by atoms with Crippen molar-refractivity contribution in [2.45, 2.75) is 33.2 Å². The maximum absolute atomic E-state index is 12.8. The summed E-state index contributed by atoms with van der Waals surface area (Å²) in [6.07, 6.45) is 1.69. The van der Waals surface area contributed by atoms with Gasteiger partial charge < -0.3 is 18.9 Å². The molecule has 6 nitrogen and oxygen atoms in total. The molecule has 0 aliphatic carbocycles. The van der Waals surface area contributed by atoms with E-state index in [0.29, 0.717) is 25.3 Å². The van der Waals surface area contributed by atoms with Gasteiger partial charge in [0.15, 0.2) is 0 Å². The summed E-state index contributed by atoms with van der Waals surface area (Å²) in [6, 6.07) is 12.2. The fourth-order valence-electron chi connectivity index (χ4n) is 4.11. The van der Waals surface area contributed by atoms with Crippen molar-refractivity contribution < 1.29 is 14.3 Å². The van der Waals surface area contributed by atoms with Gasteiger partial charge in [0.1, 0.15) is 11.6 Å². The number of fused-ring (bicyclic) bond motifs is 2. The molecule has 30 heavy (non-hydrogen) atoms. The van der Waals surface area contributed by atoms with Crippen LogP contribution in [0.4, 0.5) is 0 Å². The summed E-state index contributed by atoms with van der Waals surface area (Å²) in [4.78, 5) is 19.5. The topological polar surface area (TPSA) is 56.6 Å². The van der Waals surface area contributed by atoms with Crippen LogP contribution >= 0.6 is 0 Å². The highest BCUT2D eigenvalue weighted by Gasteiger charge is 2.18. The first-order valence-corrected chi connectivity index (χ1v) is 10.7. The Labute approximate surface area is 177 Å². The highest BCUT2D eigenvalue weighted by atomic mass is 16.5. The third-order valence-electron chi connectivity index (χ3n) is 5.76. The Hall–Kier alpha value is -2.86. The number of amides is 1. The number of hydrogen-bond acceptors (Lipinski definition) is 4. The van der Waals surface area contributed by atoms with Crippen LogP contribution < -0.4 is 4.74 Å². The van der Waals surface area contributed by atoms with Gasteiger partial charge in [0.05, 0.1) is 24.2 Å². The second-order valence-electron chi connectivity index (χ2n) is 7.57. The molecule has 0 N–H and O–H groups in total. The number of nitrogens with zero attached hydrogens (tertiary/aromatic N) is 3. The molecule has 0 unspecified atom stereocenters. The number of carbonyl (C=O) groups is 1. The predicted molar refractivity (Wildman–Crippen MR) is 117 cm³/mol. The molecule has 1 amide bonds. The first-order valence-electron chi connectivity index (χ1n) is 10.7. The molecule has 1 aliphatic heterocycles. The quantitative estimate of drug-likeness (QED) is 0.571. The Kier molecular flexibility index (Phi) is 6.04. The smallest absolute Gasteiger partial charge is 0.253 e. The molecule has 0 saturated heterocycles. The summed E-state index contributed by atoms with van der Waals surface area (Å²) in [6.45, 7) is 7.48. The normalized spacial score (nSPS) is 12.8. The Bertz CT molecular complexity index is 1050. The molecular weight excluding hydrogens is 378 g/mol. The van der Waals surface area contributed by atoms with Crippen LogP contribution in [0.3, 0.4) is 0 Å². The number of carbonyl (C=O) groups excluding carboxylic acids is 1. The average Bonchev–Trinajstić information content (AvgIpc) is 3.36. The lowest BCUT2D eigenvalue weighted by Crippen LogP contribution is -2.30. The maximum Gasteiger partial charge on any atom is 0.253 e. The summed E-state index contributed by atoms with van der Waals surface area (Å²) < 4.78 is 13.2. The first-order chi connectivity index (χ1) is 14.6. The third-order valence-corrected chi connectivity index (χ3v) is 5.76. The van der Waals surface area contributed by atoms with Crippen molar-refractivity contribution >= 4 is 16.9 Å². The largest absolute Gasteiger partial charge is 0.493 e. The zero-order valence-electron chi connectivity index (χ0n) is 18.0. The first kappa shape index (κ1) is 20.4. The lowest BCUT2D eigenvalue weighted by Gasteiger charge is -2.18. The number of ether oxygens (including phenoxy) is 2. The van der Waals surface area contributed by atoms with Gasteiger partial charge in [0.25, 0.3) is 5.91 Å². The molecule has 2 aromatic carbocycles. The van der Waals surface area contributed by atoms with Crippen LogP contribution in [0, 0.1) is 0 Å². The number of hydrogen-bond donors (Lipinski definition) is 0. The molecule has 6 heteroatoms. The molecule has 0 bridgehead atoms. The summed E-state index contributed by atoms with van der Waals surface area (Å²) in [5.74, 6) is 2.02. The predicted octanol–water partition coefficient (Wildman–Crippen LogP) is 3.69. The summed E-state index contributed by atoms with van der Waals surface area (Å²) >= 11 is 0. The number of benzene rings is 2. The molecule has 0 saturated carbocycles. The van der Waals surface area contributed by atoms with E-state index in [1.54, 1.807) is 7.11 Å². The minimum absolute atomic E-state index is 0.0495. The van der Waals surface area contributed by atoms with E-state index < -0.39 is 0 Å². The zero-order chi connectivity index (χ0) is 21.1. The number of rotatable bonds is 8. The van der Waals surface area contributed by atoms with Crippen molar-refractivity contribution in [1.29, 1.82) is 0 Å². The van der Waals surface area contributed by atoms with Crippen molar-refractivity contribution in [2.24, 2.45) is 0 Å². The fourth-order valence-corrected chi connectivity index (χ4v) is 4.11. The molecule has 4 rings (SSSR count). The van der Waals surface area contributed by atoms with Gasteiger partial charge >= 0.3 is 0 Å². The van der Waals surface area contributed by atoms with Gasteiger partial charge in [0.2, 0.25) is 0 Å². The van der Waals surface area contributed by atoms with Crippen LogP contribution in [0.5, 0.6) is 5.75 Å². The molecule has 2 heterocycles. The second kappa shape index (κ2) is 8.88. The second-order valence-corrected chi connectivity index (χ2v) is 7.57. The molecular formula is C24H29N3O3. The van der Waals surface area contributed by atoms with Crippen LogP contribution in [-0.4, -0.2) is 53.8 Å². The van der Waals surface area contributed by atoms with Crippen molar-refractivity contribution in [3.8, 4) is 5.75 Å². The van der Waals surface area contributed by atoms with Gasteiger partial charge in [-0.15, -0.1) is 0 Å². The van der Waals surface area contributed by atoms with E-state index in [2.05, 4.69) is 22.8 Å². The maximum atomic E-state index is 12.8. The fraction of sp³-hybridized carbons (Fsp3) is 0.417. The van der Waals surface area contributed by atoms with E-state index in [-0.39, 0.29) is 5.91 Å². The van der Waals surface area contributed by atoms with E-state index in [9.17, 15) is 4.79 Å². The van der Waals surface area contributed by atoms with Crippen LogP contribution in [0.1, 0.15) is 41.2 Å². The Morgan fingerprint density at radius 2 is 2.03 bits per heavy atom. The summed E-state index contributed by atoms with van der Waals surface area (Å²) in [5.41, 5.74) is 5.04. The molecule has 1 aromatic heterocycles. The van der Waals surface area contributed by atoms with E-state index >= 15 is 0 Å². The van der Waals surface area contributed by atoms with Gasteiger partial charge in [-0.05, 0) is 49.2 Å². The molecule has 0 atom stereocenters. The van der Waals surface area contributed by atoms with Crippen LogP contribution in [0.2, 0.25) is 0 Å². The van der Waals surface area contributed by atoms with E-state index in [1.165, 1.54) is 11.1 Å². The van der Waals surface area contributed by atoms with Crippen LogP contribution in [0.25, 0.3) is 11.0 Å². The van der Waals surface area contributed by atoms with Crippen molar-refractivity contribution in [1.82, 2.24) is 14.5 Å². The van der Waals surface area contributed by atoms with E-state index in [4.69, 9.17) is 14.5 Å². The molecule has 3 aromatic rings. The third kappa shape index (κ3) is 3.92. The van der Waals surface area contributed by atoms with E-state index in [1.807, 2.05) is 36.9 Å². The van der Waals surface area contributed by atoms with Crippen LogP contribution in [0.15, 0.2) is 36.4 Å². The monoisotopic (exact) mass is 407 g/mol. The van der Waals surface area contributed by atoms with Crippen molar-refractivity contribution in [3.05, 3.63) is 58.9 Å².